The maximum Gasteiger partial charge on any atom is 0.247 e. The van der Waals surface area contributed by atoms with Gasteiger partial charge in [-0.1, -0.05) is 36.4 Å². The third kappa shape index (κ3) is 5.55. The summed E-state index contributed by atoms with van der Waals surface area (Å²) in [6.07, 6.45) is 0.508. The number of likely N-dealkylation sites (N-methyl/N-ethyl adjacent to an activating group) is 1. The highest BCUT2D eigenvalue weighted by Gasteiger charge is 2.29. The van der Waals surface area contributed by atoms with E-state index in [4.69, 9.17) is 4.74 Å². The maximum atomic E-state index is 13.3. The number of nitrogens with one attached hydrogen (secondary N) is 1. The number of methoxy groups -OCH3 is 1. The molecule has 0 saturated heterocycles. The van der Waals surface area contributed by atoms with Gasteiger partial charge in [-0.05, 0) is 43.5 Å². The van der Waals surface area contributed by atoms with E-state index in [1.807, 2.05) is 37.3 Å². The smallest absolute Gasteiger partial charge is 0.247 e. The summed E-state index contributed by atoms with van der Waals surface area (Å²) in [5.41, 5.74) is 1.81. The van der Waals surface area contributed by atoms with E-state index in [2.05, 4.69) is 5.32 Å². The number of carbonyl (C=O) groups excluding carboxylic acids is 1. The lowest BCUT2D eigenvalue weighted by atomic mass is 10.1. The Balaban J connectivity index is 2.35. The Morgan fingerprint density at radius 1 is 1.15 bits per heavy atom. The van der Waals surface area contributed by atoms with Crippen LogP contribution in [0, 0.1) is 6.92 Å². The number of rotatable bonds is 9. The van der Waals surface area contributed by atoms with Crippen LogP contribution in [0.2, 0.25) is 0 Å². The summed E-state index contributed by atoms with van der Waals surface area (Å²) in [7, 11) is -2.47. The van der Waals surface area contributed by atoms with E-state index in [-0.39, 0.29) is 29.6 Å². The molecule has 0 aliphatic heterocycles. The van der Waals surface area contributed by atoms with Gasteiger partial charge in [0, 0.05) is 13.1 Å². The number of carbonyl (C=O) groups is 1. The van der Waals surface area contributed by atoms with Gasteiger partial charge < -0.3 is 10.1 Å². The quantitative estimate of drug-likeness (QED) is 0.713. The van der Waals surface area contributed by atoms with Crippen molar-refractivity contribution in [2.75, 3.05) is 26.7 Å². The summed E-state index contributed by atoms with van der Waals surface area (Å²) in [6, 6.07) is 14.6. The summed E-state index contributed by atoms with van der Waals surface area (Å²) in [5, 5.41) is 2.66. The SMILES string of the molecule is CCNC(=O)CN(CCc1ccccc1)S(=O)(=O)c1cc(C)ccc1OC. The molecule has 7 heteroatoms. The summed E-state index contributed by atoms with van der Waals surface area (Å²) >= 11 is 0. The van der Waals surface area contributed by atoms with Crippen LogP contribution in [0.15, 0.2) is 53.4 Å². The van der Waals surface area contributed by atoms with E-state index < -0.39 is 10.0 Å². The van der Waals surface area contributed by atoms with E-state index >= 15 is 0 Å². The number of ether oxygens (including phenoxy) is 1. The first-order valence-electron chi connectivity index (χ1n) is 8.84. The molecule has 0 aliphatic rings. The molecular weight excluding hydrogens is 364 g/mol. The van der Waals surface area contributed by atoms with Crippen LogP contribution in [-0.2, 0) is 21.2 Å². The van der Waals surface area contributed by atoms with Crippen LogP contribution in [0.3, 0.4) is 0 Å². The Bertz CT molecular complexity index is 867. The van der Waals surface area contributed by atoms with E-state index in [0.29, 0.717) is 13.0 Å². The van der Waals surface area contributed by atoms with Crippen molar-refractivity contribution in [3.8, 4) is 5.75 Å². The van der Waals surface area contributed by atoms with Crippen molar-refractivity contribution in [3.05, 3.63) is 59.7 Å². The fraction of sp³-hybridized carbons (Fsp3) is 0.350. The molecule has 0 atom stereocenters. The molecule has 1 amide bonds. The molecule has 0 aliphatic carbocycles. The molecule has 0 spiro atoms. The molecule has 0 fully saturated rings. The van der Waals surface area contributed by atoms with Crippen molar-refractivity contribution in [3.63, 3.8) is 0 Å². The number of amides is 1. The van der Waals surface area contributed by atoms with Gasteiger partial charge in [-0.25, -0.2) is 8.42 Å². The van der Waals surface area contributed by atoms with Crippen LogP contribution >= 0.6 is 0 Å². The van der Waals surface area contributed by atoms with Gasteiger partial charge in [-0.3, -0.25) is 4.79 Å². The molecule has 2 aromatic carbocycles. The monoisotopic (exact) mass is 390 g/mol. The van der Waals surface area contributed by atoms with Crippen molar-refractivity contribution < 1.29 is 17.9 Å². The summed E-state index contributed by atoms with van der Waals surface area (Å²) in [5.74, 6) is -0.0676. The summed E-state index contributed by atoms with van der Waals surface area (Å²) in [6.45, 7) is 4.01. The van der Waals surface area contributed by atoms with Gasteiger partial charge in [-0.15, -0.1) is 0 Å². The highest BCUT2D eigenvalue weighted by atomic mass is 32.2. The molecule has 0 unspecified atom stereocenters. The highest BCUT2D eigenvalue weighted by Crippen LogP contribution is 2.28. The largest absolute Gasteiger partial charge is 0.495 e. The molecule has 146 valence electrons. The van der Waals surface area contributed by atoms with E-state index in [0.717, 1.165) is 11.1 Å². The third-order valence-corrected chi connectivity index (χ3v) is 5.99. The molecule has 0 saturated carbocycles. The van der Waals surface area contributed by atoms with E-state index in [1.54, 1.807) is 25.1 Å². The third-order valence-electron chi connectivity index (χ3n) is 4.12. The molecule has 2 aromatic rings. The number of nitrogens with zero attached hydrogens (tertiary/aromatic N) is 1. The second kappa shape index (κ2) is 9.53. The van der Waals surface area contributed by atoms with Crippen LogP contribution in [0.1, 0.15) is 18.1 Å². The lowest BCUT2D eigenvalue weighted by Crippen LogP contribution is -2.41. The predicted molar refractivity (Wildman–Crippen MR) is 105 cm³/mol. The zero-order chi connectivity index (χ0) is 19.9. The second-order valence-electron chi connectivity index (χ2n) is 6.18. The number of hydrogen-bond acceptors (Lipinski definition) is 4. The summed E-state index contributed by atoms with van der Waals surface area (Å²) in [4.78, 5) is 12.2. The second-order valence-corrected chi connectivity index (χ2v) is 8.09. The number of aryl methyl sites for hydroxylation is 1. The normalized spacial score (nSPS) is 11.4. The first-order chi connectivity index (χ1) is 12.9. The first-order valence-corrected chi connectivity index (χ1v) is 10.3. The number of benzene rings is 2. The van der Waals surface area contributed by atoms with Crippen molar-refractivity contribution in [1.82, 2.24) is 9.62 Å². The number of sulfonamides is 1. The topological polar surface area (TPSA) is 75.7 Å². The molecule has 0 aromatic heterocycles. The standard InChI is InChI=1S/C20H26N2O4S/c1-4-21-20(23)15-22(13-12-17-8-6-5-7-9-17)27(24,25)19-14-16(2)10-11-18(19)26-3/h5-11,14H,4,12-13,15H2,1-3H3,(H,21,23). The van der Waals surface area contributed by atoms with Crippen molar-refractivity contribution in [2.24, 2.45) is 0 Å². The maximum absolute atomic E-state index is 13.3. The molecule has 1 N–H and O–H groups in total. The minimum absolute atomic E-state index is 0.0716. The molecule has 27 heavy (non-hydrogen) atoms. The average Bonchev–Trinajstić information content (AvgIpc) is 2.66. The van der Waals surface area contributed by atoms with Crippen LogP contribution < -0.4 is 10.1 Å². The van der Waals surface area contributed by atoms with Crippen molar-refractivity contribution in [1.29, 1.82) is 0 Å². The Hall–Kier alpha value is -2.38. The fourth-order valence-corrected chi connectivity index (χ4v) is 4.36. The minimum Gasteiger partial charge on any atom is -0.495 e. The van der Waals surface area contributed by atoms with Crippen LogP contribution in [0.5, 0.6) is 5.75 Å². The Morgan fingerprint density at radius 2 is 1.85 bits per heavy atom. The molecular formula is C20H26N2O4S. The van der Waals surface area contributed by atoms with Crippen LogP contribution in [0.25, 0.3) is 0 Å². The average molecular weight is 391 g/mol. The highest BCUT2D eigenvalue weighted by molar-refractivity contribution is 7.89. The molecule has 2 rings (SSSR count). The van der Waals surface area contributed by atoms with Gasteiger partial charge in [0.25, 0.3) is 0 Å². The van der Waals surface area contributed by atoms with Crippen molar-refractivity contribution in [2.45, 2.75) is 25.2 Å². The zero-order valence-electron chi connectivity index (χ0n) is 15.9. The van der Waals surface area contributed by atoms with Gasteiger partial charge in [0.1, 0.15) is 10.6 Å². The molecule has 0 heterocycles. The van der Waals surface area contributed by atoms with Crippen molar-refractivity contribution >= 4 is 15.9 Å². The number of hydrogen-bond donors (Lipinski definition) is 1. The van der Waals surface area contributed by atoms with E-state index in [9.17, 15) is 13.2 Å². The van der Waals surface area contributed by atoms with Crippen LogP contribution in [0.4, 0.5) is 0 Å². The lowest BCUT2D eigenvalue weighted by Gasteiger charge is -2.23. The van der Waals surface area contributed by atoms with Gasteiger partial charge in [-0.2, -0.15) is 4.31 Å². The Labute approximate surface area is 161 Å². The van der Waals surface area contributed by atoms with Gasteiger partial charge >= 0.3 is 0 Å². The molecule has 0 radical (unpaired) electrons. The summed E-state index contributed by atoms with van der Waals surface area (Å²) < 4.78 is 33.0. The molecule has 6 nitrogen and oxygen atoms in total. The van der Waals surface area contributed by atoms with E-state index in [1.165, 1.54) is 11.4 Å². The first kappa shape index (κ1) is 20.9. The zero-order valence-corrected chi connectivity index (χ0v) is 16.8. The Morgan fingerprint density at radius 3 is 2.48 bits per heavy atom. The van der Waals surface area contributed by atoms with Gasteiger partial charge in [0.05, 0.1) is 13.7 Å². The van der Waals surface area contributed by atoms with Gasteiger partial charge in [0.2, 0.25) is 15.9 Å². The van der Waals surface area contributed by atoms with Crippen LogP contribution in [-0.4, -0.2) is 45.4 Å². The molecule has 0 bridgehead atoms. The minimum atomic E-state index is -3.90. The Kier molecular flexibility index (Phi) is 7.38. The fourth-order valence-electron chi connectivity index (χ4n) is 2.72. The lowest BCUT2D eigenvalue weighted by molar-refractivity contribution is -0.121. The van der Waals surface area contributed by atoms with Gasteiger partial charge in [0.15, 0.2) is 0 Å². The predicted octanol–water partition coefficient (Wildman–Crippen LogP) is 2.37.